The fourth-order valence-corrected chi connectivity index (χ4v) is 2.01. The Bertz CT molecular complexity index is 210. The van der Waals surface area contributed by atoms with Gasteiger partial charge in [-0.1, -0.05) is 50.5 Å². The minimum Gasteiger partial charge on any atom is -0.356 e. The van der Waals surface area contributed by atoms with Crippen LogP contribution in [-0.2, 0) is 4.79 Å². The van der Waals surface area contributed by atoms with Gasteiger partial charge in [0.2, 0.25) is 5.91 Å². The van der Waals surface area contributed by atoms with Crippen molar-refractivity contribution in [2.24, 2.45) is 17.3 Å². The number of hydrogen-bond donors (Lipinski definition) is 1. The molecule has 0 radical (unpaired) electrons. The molecule has 0 aromatic carbocycles. The number of hydrogen-bond acceptors (Lipinski definition) is 1. The van der Waals surface area contributed by atoms with Crippen LogP contribution in [0.25, 0.3) is 0 Å². The number of carbonyl (C=O) groups excluding carboxylic acids is 1. The van der Waals surface area contributed by atoms with E-state index in [2.05, 4.69) is 55.9 Å². The zero-order chi connectivity index (χ0) is 12.8. The summed E-state index contributed by atoms with van der Waals surface area (Å²) in [6, 6.07) is 0. The van der Waals surface area contributed by atoms with E-state index in [9.17, 15) is 4.79 Å². The van der Waals surface area contributed by atoms with Crippen molar-refractivity contribution in [1.82, 2.24) is 5.32 Å². The molecule has 2 unspecified atom stereocenters. The summed E-state index contributed by atoms with van der Waals surface area (Å²) in [5, 5.41) is 4.01. The summed E-state index contributed by atoms with van der Waals surface area (Å²) in [5.74, 6) is 1.15. The molecule has 0 bridgehead atoms. The average Bonchev–Trinajstić information content (AvgIpc) is 2.13. The topological polar surface area (TPSA) is 29.1 Å². The lowest BCUT2D eigenvalue weighted by Crippen LogP contribution is -2.32. The van der Waals surface area contributed by atoms with Gasteiger partial charge in [-0.05, 0) is 23.7 Å². The molecule has 0 spiro atoms. The monoisotopic (exact) mass is 291 g/mol. The van der Waals surface area contributed by atoms with Gasteiger partial charge < -0.3 is 5.32 Å². The van der Waals surface area contributed by atoms with Crippen molar-refractivity contribution in [2.75, 3.05) is 11.9 Å². The van der Waals surface area contributed by atoms with Gasteiger partial charge in [-0.3, -0.25) is 4.79 Å². The first kappa shape index (κ1) is 16.0. The number of rotatable bonds is 6. The van der Waals surface area contributed by atoms with Crippen LogP contribution in [0, 0.1) is 17.3 Å². The molecule has 2 atom stereocenters. The SMILES string of the molecule is CC(CCBr)CNC(=O)CC(C)C(C)(C)C. The van der Waals surface area contributed by atoms with Gasteiger partial charge in [-0.25, -0.2) is 0 Å². The van der Waals surface area contributed by atoms with E-state index in [4.69, 9.17) is 0 Å². The van der Waals surface area contributed by atoms with Crippen LogP contribution in [0.2, 0.25) is 0 Å². The highest BCUT2D eigenvalue weighted by atomic mass is 79.9. The maximum Gasteiger partial charge on any atom is 0.220 e. The number of nitrogens with one attached hydrogen (secondary N) is 1. The van der Waals surface area contributed by atoms with Crippen LogP contribution in [0.4, 0.5) is 0 Å². The Kier molecular flexibility index (Phi) is 7.29. The van der Waals surface area contributed by atoms with Gasteiger partial charge in [-0.2, -0.15) is 0 Å². The number of alkyl halides is 1. The molecule has 0 aliphatic heterocycles. The third kappa shape index (κ3) is 7.26. The molecule has 0 aliphatic carbocycles. The Morgan fingerprint density at radius 3 is 2.31 bits per heavy atom. The van der Waals surface area contributed by atoms with Crippen LogP contribution in [0.3, 0.4) is 0 Å². The van der Waals surface area contributed by atoms with E-state index in [1.54, 1.807) is 0 Å². The summed E-state index contributed by atoms with van der Waals surface area (Å²) in [5.41, 5.74) is 0.207. The van der Waals surface area contributed by atoms with Gasteiger partial charge in [0.05, 0.1) is 0 Å². The fraction of sp³-hybridized carbons (Fsp3) is 0.923. The third-order valence-electron chi connectivity index (χ3n) is 3.22. The van der Waals surface area contributed by atoms with E-state index in [1.807, 2.05) is 0 Å². The highest BCUT2D eigenvalue weighted by Crippen LogP contribution is 2.27. The smallest absolute Gasteiger partial charge is 0.220 e. The van der Waals surface area contributed by atoms with E-state index in [0.717, 1.165) is 18.3 Å². The molecule has 0 aromatic heterocycles. The van der Waals surface area contributed by atoms with Gasteiger partial charge in [0, 0.05) is 18.3 Å². The van der Waals surface area contributed by atoms with Crippen molar-refractivity contribution in [3.8, 4) is 0 Å². The molecule has 0 aromatic rings. The van der Waals surface area contributed by atoms with Crippen LogP contribution in [0.5, 0.6) is 0 Å². The summed E-state index contributed by atoms with van der Waals surface area (Å²) >= 11 is 3.41. The van der Waals surface area contributed by atoms with E-state index in [1.165, 1.54) is 0 Å². The molecule has 0 saturated heterocycles. The molecule has 0 rings (SSSR count). The normalized spacial score (nSPS) is 15.6. The lowest BCUT2D eigenvalue weighted by Gasteiger charge is -2.26. The van der Waals surface area contributed by atoms with Gasteiger partial charge in [0.25, 0.3) is 0 Å². The first-order valence-corrected chi connectivity index (χ1v) is 7.22. The molecule has 3 heteroatoms. The maximum atomic E-state index is 11.7. The third-order valence-corrected chi connectivity index (χ3v) is 3.68. The first-order valence-electron chi connectivity index (χ1n) is 6.10. The predicted octanol–water partition coefficient (Wildman–Crippen LogP) is 3.60. The molecule has 96 valence electrons. The van der Waals surface area contributed by atoms with Crippen LogP contribution >= 0.6 is 15.9 Å². The molecule has 0 aliphatic rings. The van der Waals surface area contributed by atoms with Crippen molar-refractivity contribution < 1.29 is 4.79 Å². The van der Waals surface area contributed by atoms with Gasteiger partial charge in [0.1, 0.15) is 0 Å². The quantitative estimate of drug-likeness (QED) is 0.745. The molecule has 16 heavy (non-hydrogen) atoms. The van der Waals surface area contributed by atoms with Crippen molar-refractivity contribution in [2.45, 2.75) is 47.5 Å². The highest BCUT2D eigenvalue weighted by molar-refractivity contribution is 9.09. The summed E-state index contributed by atoms with van der Waals surface area (Å²) in [7, 11) is 0. The molecule has 0 saturated carbocycles. The Morgan fingerprint density at radius 1 is 1.31 bits per heavy atom. The summed E-state index contributed by atoms with van der Waals surface area (Å²) in [6.07, 6.45) is 1.74. The molecule has 0 fully saturated rings. The van der Waals surface area contributed by atoms with Crippen molar-refractivity contribution in [3.63, 3.8) is 0 Å². The molecular weight excluding hydrogens is 266 g/mol. The lowest BCUT2D eigenvalue weighted by atomic mass is 9.80. The molecule has 0 heterocycles. The van der Waals surface area contributed by atoms with Crippen molar-refractivity contribution >= 4 is 21.8 Å². The van der Waals surface area contributed by atoms with Crippen LogP contribution in [0.15, 0.2) is 0 Å². The molecule has 1 amide bonds. The van der Waals surface area contributed by atoms with Crippen LogP contribution in [0.1, 0.15) is 47.5 Å². The van der Waals surface area contributed by atoms with E-state index >= 15 is 0 Å². The first-order chi connectivity index (χ1) is 7.27. The van der Waals surface area contributed by atoms with Crippen LogP contribution in [-0.4, -0.2) is 17.8 Å². The molecule has 1 N–H and O–H groups in total. The molecule has 2 nitrogen and oxygen atoms in total. The molecular formula is C13H26BrNO. The van der Waals surface area contributed by atoms with Crippen LogP contribution < -0.4 is 5.32 Å². The number of carbonyl (C=O) groups is 1. The van der Waals surface area contributed by atoms with Gasteiger partial charge in [-0.15, -0.1) is 0 Å². The summed E-state index contributed by atoms with van der Waals surface area (Å²) in [6.45, 7) is 11.6. The number of halogens is 1. The summed E-state index contributed by atoms with van der Waals surface area (Å²) in [4.78, 5) is 11.7. The van der Waals surface area contributed by atoms with E-state index in [-0.39, 0.29) is 11.3 Å². The lowest BCUT2D eigenvalue weighted by molar-refractivity contribution is -0.122. The largest absolute Gasteiger partial charge is 0.356 e. The zero-order valence-electron chi connectivity index (χ0n) is 11.3. The second-order valence-corrected chi connectivity index (χ2v) is 6.65. The standard InChI is InChI=1S/C13H26BrNO/c1-10(6-7-14)9-15-12(16)8-11(2)13(3,4)5/h10-11H,6-9H2,1-5H3,(H,15,16). The van der Waals surface area contributed by atoms with Gasteiger partial charge >= 0.3 is 0 Å². The Hall–Kier alpha value is -0.0500. The van der Waals surface area contributed by atoms with E-state index in [0.29, 0.717) is 18.3 Å². The Morgan fingerprint density at radius 2 is 1.88 bits per heavy atom. The van der Waals surface area contributed by atoms with Crippen molar-refractivity contribution in [1.29, 1.82) is 0 Å². The Labute approximate surface area is 109 Å². The van der Waals surface area contributed by atoms with E-state index < -0.39 is 0 Å². The number of amides is 1. The average molecular weight is 292 g/mol. The zero-order valence-corrected chi connectivity index (χ0v) is 12.9. The van der Waals surface area contributed by atoms with Crippen molar-refractivity contribution in [3.05, 3.63) is 0 Å². The minimum absolute atomic E-state index is 0.184. The summed E-state index contributed by atoms with van der Waals surface area (Å²) < 4.78 is 0. The second-order valence-electron chi connectivity index (χ2n) is 5.86. The fourth-order valence-electron chi connectivity index (χ4n) is 1.23. The Balaban J connectivity index is 3.83. The minimum atomic E-state index is 0.184. The highest BCUT2D eigenvalue weighted by Gasteiger charge is 2.22. The second kappa shape index (κ2) is 7.31. The predicted molar refractivity (Wildman–Crippen MR) is 73.8 cm³/mol. The maximum absolute atomic E-state index is 11.7. The van der Waals surface area contributed by atoms with Gasteiger partial charge in [0.15, 0.2) is 0 Å².